The molecule has 0 spiro atoms. The Labute approximate surface area is 85.0 Å². The van der Waals surface area contributed by atoms with E-state index in [1.807, 2.05) is 0 Å². The Hall–Kier alpha value is 2.82. The number of hydrogen-bond acceptors (Lipinski definition) is 0. The van der Waals surface area contributed by atoms with Crippen LogP contribution in [0.5, 0.6) is 0 Å². The van der Waals surface area contributed by atoms with Gasteiger partial charge in [0.25, 0.3) is 0 Å². The van der Waals surface area contributed by atoms with Gasteiger partial charge in [0.15, 0.2) is 0 Å². The van der Waals surface area contributed by atoms with E-state index in [0.29, 0.717) is 0 Å². The molecule has 0 saturated heterocycles. The minimum atomic E-state index is 0. The van der Waals surface area contributed by atoms with Crippen molar-refractivity contribution < 1.29 is 86.4 Å². The SMILES string of the molecule is [Hf].[Ni].[Ta].[Ti]. The van der Waals surface area contributed by atoms with Crippen LogP contribution in [0.1, 0.15) is 0 Å². The molecule has 0 atom stereocenters. The Balaban J connectivity index is 0. The molecule has 0 unspecified atom stereocenters. The summed E-state index contributed by atoms with van der Waals surface area (Å²) in [5, 5.41) is 0. The Kier molecular flexibility index (Phi) is 124. The molecule has 0 fully saturated rings. The van der Waals surface area contributed by atoms with Crippen LogP contribution in [0.4, 0.5) is 0 Å². The Bertz CT molecular complexity index is 8.00. The van der Waals surface area contributed by atoms with Crippen LogP contribution in [-0.2, 0) is 86.4 Å². The van der Waals surface area contributed by atoms with Gasteiger partial charge in [-0.15, -0.1) is 0 Å². The maximum atomic E-state index is 0. The van der Waals surface area contributed by atoms with E-state index in [-0.39, 0.29) is 86.4 Å². The summed E-state index contributed by atoms with van der Waals surface area (Å²) >= 11 is 0. The van der Waals surface area contributed by atoms with E-state index in [0.717, 1.165) is 0 Å². The smallest absolute Gasteiger partial charge is 0 e. The first-order valence-corrected chi connectivity index (χ1v) is 0. The van der Waals surface area contributed by atoms with Gasteiger partial charge in [-0.05, 0) is 0 Å². The van der Waals surface area contributed by atoms with Crippen molar-refractivity contribution in [1.29, 1.82) is 0 Å². The van der Waals surface area contributed by atoms with Gasteiger partial charge in [0.2, 0.25) is 0 Å². The van der Waals surface area contributed by atoms with Crippen molar-refractivity contribution in [1.82, 2.24) is 0 Å². The fourth-order valence-corrected chi connectivity index (χ4v) is 0. The molecule has 4 heavy (non-hydrogen) atoms. The summed E-state index contributed by atoms with van der Waals surface area (Å²) in [6, 6.07) is 0. The molecule has 4 heteroatoms. The molecule has 23 valence electrons. The summed E-state index contributed by atoms with van der Waals surface area (Å²) in [6.07, 6.45) is 0. The summed E-state index contributed by atoms with van der Waals surface area (Å²) < 4.78 is 0. The Morgan fingerprint density at radius 2 is 1.00 bits per heavy atom. The molecule has 0 aliphatic rings. The third-order valence-electron chi connectivity index (χ3n) is 0. The van der Waals surface area contributed by atoms with Gasteiger partial charge in [-0.3, -0.25) is 0 Å². The van der Waals surface area contributed by atoms with Crippen LogP contribution in [-0.4, -0.2) is 0 Å². The molecule has 0 nitrogen and oxygen atoms in total. The van der Waals surface area contributed by atoms with Crippen molar-refractivity contribution >= 4 is 0 Å². The van der Waals surface area contributed by atoms with Crippen molar-refractivity contribution in [2.24, 2.45) is 0 Å². The molecule has 0 bridgehead atoms. The normalized spacial score (nSPS) is 0. The van der Waals surface area contributed by atoms with Crippen LogP contribution < -0.4 is 0 Å². The summed E-state index contributed by atoms with van der Waals surface area (Å²) in [6.45, 7) is 0. The van der Waals surface area contributed by atoms with E-state index in [2.05, 4.69) is 0 Å². The monoisotopic (exact) mass is 467 g/mol. The predicted octanol–water partition coefficient (Wildman–Crippen LogP) is -0.0100. The molecule has 0 aromatic rings. The first kappa shape index (κ1) is 29.1. The van der Waals surface area contributed by atoms with Crippen LogP contribution in [0.3, 0.4) is 0 Å². The standard InChI is InChI=1S/Hf.Ni.Ta.Ti. The topological polar surface area (TPSA) is 0 Å². The van der Waals surface area contributed by atoms with E-state index >= 15 is 0 Å². The van der Waals surface area contributed by atoms with Gasteiger partial charge in [-0.25, -0.2) is 0 Å². The van der Waals surface area contributed by atoms with Crippen molar-refractivity contribution in [3.63, 3.8) is 0 Å². The second-order valence-electron chi connectivity index (χ2n) is 0. The first-order valence-electron chi connectivity index (χ1n) is 0. The Morgan fingerprint density at radius 1 is 1.00 bits per heavy atom. The van der Waals surface area contributed by atoms with Gasteiger partial charge in [-0.1, -0.05) is 0 Å². The molecule has 1 radical (unpaired) electrons. The van der Waals surface area contributed by atoms with E-state index in [1.54, 1.807) is 0 Å². The molecule has 0 aromatic heterocycles. The predicted molar refractivity (Wildman–Crippen MR) is 0 cm³/mol. The van der Waals surface area contributed by atoms with Gasteiger partial charge in [-0.2, -0.15) is 0 Å². The summed E-state index contributed by atoms with van der Waals surface area (Å²) in [4.78, 5) is 0. The minimum Gasteiger partial charge on any atom is 0 e. The molecule has 0 saturated carbocycles. The third-order valence-corrected chi connectivity index (χ3v) is 0. The molecule has 0 aliphatic carbocycles. The molecular weight excluding hydrogens is 466 g/mol. The molecule has 0 heterocycles. The summed E-state index contributed by atoms with van der Waals surface area (Å²) in [5.41, 5.74) is 0. The zero-order chi connectivity index (χ0) is 0. The fraction of sp³-hybridized carbons (Fsp3) is 0. The zero-order valence-electron chi connectivity index (χ0n) is 1.76. The van der Waals surface area contributed by atoms with Gasteiger partial charge in [0.1, 0.15) is 0 Å². The van der Waals surface area contributed by atoms with E-state index in [1.165, 1.54) is 0 Å². The van der Waals surface area contributed by atoms with Crippen LogP contribution in [0.2, 0.25) is 0 Å². The third kappa shape index (κ3) is 8.84. The average Bonchev–Trinajstić information content (AvgIpc) is 0. The van der Waals surface area contributed by atoms with Gasteiger partial charge < -0.3 is 0 Å². The van der Waals surface area contributed by atoms with Crippen LogP contribution in [0.25, 0.3) is 0 Å². The molecule has 0 rings (SSSR count). The maximum absolute atomic E-state index is 0. The molecular formula is HfNiTaTi. The van der Waals surface area contributed by atoms with E-state index in [4.69, 9.17) is 0 Å². The van der Waals surface area contributed by atoms with Gasteiger partial charge in [0, 0.05) is 86.4 Å². The summed E-state index contributed by atoms with van der Waals surface area (Å²) in [7, 11) is 0. The summed E-state index contributed by atoms with van der Waals surface area (Å²) in [5.74, 6) is 0. The molecule has 0 N–H and O–H groups in total. The van der Waals surface area contributed by atoms with Crippen LogP contribution >= 0.6 is 0 Å². The van der Waals surface area contributed by atoms with Gasteiger partial charge >= 0.3 is 0 Å². The molecule has 0 aliphatic heterocycles. The minimum absolute atomic E-state index is 0. The van der Waals surface area contributed by atoms with Crippen LogP contribution in [0.15, 0.2) is 0 Å². The second-order valence-corrected chi connectivity index (χ2v) is 0. The zero-order valence-corrected chi connectivity index (χ0v) is 11.1. The van der Waals surface area contributed by atoms with Crippen molar-refractivity contribution in [2.75, 3.05) is 0 Å². The van der Waals surface area contributed by atoms with Crippen molar-refractivity contribution in [2.45, 2.75) is 0 Å². The number of hydrogen-bond donors (Lipinski definition) is 0. The van der Waals surface area contributed by atoms with E-state index in [9.17, 15) is 0 Å². The largest absolute Gasteiger partial charge is 0 e. The second kappa shape index (κ2) is 17.0. The van der Waals surface area contributed by atoms with Crippen molar-refractivity contribution in [3.05, 3.63) is 0 Å². The van der Waals surface area contributed by atoms with Gasteiger partial charge in [0.05, 0.1) is 0 Å². The quantitative estimate of drug-likeness (QED) is 0.442. The molecule has 0 aromatic carbocycles. The van der Waals surface area contributed by atoms with Crippen molar-refractivity contribution in [3.8, 4) is 0 Å². The average molecular weight is 466 g/mol. The number of rotatable bonds is 0. The van der Waals surface area contributed by atoms with E-state index < -0.39 is 0 Å². The van der Waals surface area contributed by atoms with Crippen LogP contribution in [0, 0.1) is 0 Å². The Morgan fingerprint density at radius 3 is 1.00 bits per heavy atom. The molecule has 0 amide bonds. The first-order chi connectivity index (χ1) is 0. The fourth-order valence-electron chi connectivity index (χ4n) is 0. The maximum Gasteiger partial charge on any atom is 0 e.